The third-order valence-electron chi connectivity index (χ3n) is 2.00. The summed E-state index contributed by atoms with van der Waals surface area (Å²) in [4.78, 5) is 0. The van der Waals surface area contributed by atoms with Gasteiger partial charge in [-0.2, -0.15) is 0 Å². The molecule has 1 aromatic rings. The minimum Gasteiger partial charge on any atom is -0.423 e. The number of nitrogens with one attached hydrogen (secondary N) is 1. The van der Waals surface area contributed by atoms with Crippen LogP contribution in [-0.4, -0.2) is 17.2 Å². The van der Waals surface area contributed by atoms with Crippen LogP contribution in [0.5, 0.6) is 0 Å². The van der Waals surface area contributed by atoms with Gasteiger partial charge in [0.15, 0.2) is 0 Å². The first kappa shape index (κ1) is 10.2. The summed E-state index contributed by atoms with van der Waals surface area (Å²) in [5.74, 6) is 1.70. The van der Waals surface area contributed by atoms with Gasteiger partial charge in [0.2, 0.25) is 11.8 Å². The smallest absolute Gasteiger partial charge is 0.233 e. The summed E-state index contributed by atoms with van der Waals surface area (Å²) in [5.41, 5.74) is 0. The Balaban J connectivity index is 2.78. The Kier molecular flexibility index (Phi) is 3.42. The lowest BCUT2D eigenvalue weighted by molar-refractivity contribution is 0.377. The van der Waals surface area contributed by atoms with Gasteiger partial charge in [-0.15, -0.1) is 10.2 Å². The van der Waals surface area contributed by atoms with Crippen LogP contribution in [0.2, 0.25) is 0 Å². The quantitative estimate of drug-likeness (QED) is 0.774. The fourth-order valence-electron chi connectivity index (χ4n) is 1.12. The molecule has 0 aromatic carbocycles. The van der Waals surface area contributed by atoms with E-state index in [1.807, 2.05) is 20.9 Å². The molecule has 1 N–H and O–H groups in total. The van der Waals surface area contributed by atoms with Gasteiger partial charge in [0.05, 0.1) is 6.04 Å². The summed E-state index contributed by atoms with van der Waals surface area (Å²) >= 11 is 0. The maximum atomic E-state index is 5.50. The van der Waals surface area contributed by atoms with E-state index in [9.17, 15) is 0 Å². The SMILES string of the molecule is CCC(NC)c1nnc(C(C)C)o1. The molecule has 1 aromatic heterocycles. The first-order chi connectivity index (χ1) is 6.19. The van der Waals surface area contributed by atoms with Crippen molar-refractivity contribution in [1.82, 2.24) is 15.5 Å². The largest absolute Gasteiger partial charge is 0.423 e. The molecule has 1 rings (SSSR count). The van der Waals surface area contributed by atoms with Crippen LogP contribution in [0, 0.1) is 0 Å². The lowest BCUT2D eigenvalue weighted by Crippen LogP contribution is -2.15. The van der Waals surface area contributed by atoms with Crippen LogP contribution in [0.15, 0.2) is 4.42 Å². The van der Waals surface area contributed by atoms with Crippen molar-refractivity contribution in [2.24, 2.45) is 0 Å². The molecule has 13 heavy (non-hydrogen) atoms. The molecule has 0 radical (unpaired) electrons. The third kappa shape index (κ3) is 2.28. The maximum absolute atomic E-state index is 5.50. The minimum atomic E-state index is 0.181. The Hall–Kier alpha value is -0.900. The van der Waals surface area contributed by atoms with E-state index in [1.165, 1.54) is 0 Å². The number of hydrogen-bond donors (Lipinski definition) is 1. The highest BCUT2D eigenvalue weighted by molar-refractivity contribution is 4.91. The summed E-state index contributed by atoms with van der Waals surface area (Å²) < 4.78 is 5.50. The van der Waals surface area contributed by atoms with E-state index in [1.54, 1.807) is 0 Å². The summed E-state index contributed by atoms with van der Waals surface area (Å²) in [7, 11) is 1.90. The Morgan fingerprint density at radius 2 is 1.92 bits per heavy atom. The van der Waals surface area contributed by atoms with Crippen molar-refractivity contribution in [3.05, 3.63) is 11.8 Å². The zero-order valence-electron chi connectivity index (χ0n) is 8.66. The number of aromatic nitrogens is 2. The van der Waals surface area contributed by atoms with Crippen LogP contribution in [0.1, 0.15) is 50.9 Å². The molecule has 1 unspecified atom stereocenters. The van der Waals surface area contributed by atoms with Gasteiger partial charge in [-0.25, -0.2) is 0 Å². The molecule has 0 fully saturated rings. The molecular weight excluding hydrogens is 166 g/mol. The van der Waals surface area contributed by atoms with E-state index in [4.69, 9.17) is 4.42 Å². The molecule has 0 aliphatic rings. The molecule has 4 heteroatoms. The summed E-state index contributed by atoms with van der Waals surface area (Å²) in [5, 5.41) is 11.1. The molecule has 4 nitrogen and oxygen atoms in total. The molecule has 1 atom stereocenters. The van der Waals surface area contributed by atoms with Crippen molar-refractivity contribution in [1.29, 1.82) is 0 Å². The minimum absolute atomic E-state index is 0.181. The zero-order chi connectivity index (χ0) is 9.84. The second-order valence-corrected chi connectivity index (χ2v) is 3.38. The predicted molar refractivity (Wildman–Crippen MR) is 50.5 cm³/mol. The van der Waals surface area contributed by atoms with Gasteiger partial charge in [0.1, 0.15) is 0 Å². The van der Waals surface area contributed by atoms with Gasteiger partial charge in [0, 0.05) is 5.92 Å². The number of nitrogens with zero attached hydrogens (tertiary/aromatic N) is 2. The number of rotatable bonds is 4. The van der Waals surface area contributed by atoms with Crippen molar-refractivity contribution in [2.45, 2.75) is 39.2 Å². The van der Waals surface area contributed by atoms with Gasteiger partial charge in [-0.1, -0.05) is 20.8 Å². The monoisotopic (exact) mass is 183 g/mol. The van der Waals surface area contributed by atoms with Crippen LogP contribution < -0.4 is 5.32 Å². The van der Waals surface area contributed by atoms with Crippen LogP contribution >= 0.6 is 0 Å². The number of hydrogen-bond acceptors (Lipinski definition) is 4. The average molecular weight is 183 g/mol. The van der Waals surface area contributed by atoms with Crippen LogP contribution in [0.4, 0.5) is 0 Å². The molecular formula is C9H17N3O. The Morgan fingerprint density at radius 3 is 2.31 bits per heavy atom. The fraction of sp³-hybridized carbons (Fsp3) is 0.778. The second kappa shape index (κ2) is 4.37. The van der Waals surface area contributed by atoms with Crippen LogP contribution in [0.3, 0.4) is 0 Å². The lowest BCUT2D eigenvalue weighted by atomic mass is 10.2. The molecule has 0 saturated heterocycles. The van der Waals surface area contributed by atoms with Gasteiger partial charge in [-0.3, -0.25) is 0 Å². The molecule has 74 valence electrons. The van der Waals surface area contributed by atoms with E-state index >= 15 is 0 Å². The average Bonchev–Trinajstić information content (AvgIpc) is 2.56. The second-order valence-electron chi connectivity index (χ2n) is 3.38. The third-order valence-corrected chi connectivity index (χ3v) is 2.00. The van der Waals surface area contributed by atoms with Gasteiger partial charge in [0.25, 0.3) is 0 Å². The molecule has 1 heterocycles. The molecule has 0 saturated carbocycles. The fourth-order valence-corrected chi connectivity index (χ4v) is 1.12. The van der Waals surface area contributed by atoms with Crippen LogP contribution in [-0.2, 0) is 0 Å². The molecule has 0 aliphatic carbocycles. The van der Waals surface area contributed by atoms with Crippen molar-refractivity contribution in [3.63, 3.8) is 0 Å². The summed E-state index contributed by atoms with van der Waals surface area (Å²) in [6, 6.07) is 0.181. The van der Waals surface area contributed by atoms with E-state index in [2.05, 4.69) is 22.4 Å². The molecule has 0 amide bonds. The first-order valence-electron chi connectivity index (χ1n) is 4.69. The van der Waals surface area contributed by atoms with E-state index in [0.29, 0.717) is 17.7 Å². The van der Waals surface area contributed by atoms with Crippen molar-refractivity contribution >= 4 is 0 Å². The van der Waals surface area contributed by atoms with E-state index < -0.39 is 0 Å². The molecule has 0 aliphatic heterocycles. The zero-order valence-corrected chi connectivity index (χ0v) is 8.66. The Morgan fingerprint density at radius 1 is 1.31 bits per heavy atom. The van der Waals surface area contributed by atoms with Gasteiger partial charge in [-0.05, 0) is 13.5 Å². The van der Waals surface area contributed by atoms with Crippen LogP contribution in [0.25, 0.3) is 0 Å². The highest BCUT2D eigenvalue weighted by Crippen LogP contribution is 2.18. The molecule has 0 bridgehead atoms. The van der Waals surface area contributed by atoms with Gasteiger partial charge < -0.3 is 9.73 Å². The highest BCUT2D eigenvalue weighted by Gasteiger charge is 2.15. The summed E-state index contributed by atoms with van der Waals surface area (Å²) in [6.45, 7) is 6.16. The van der Waals surface area contributed by atoms with Crippen molar-refractivity contribution in [2.75, 3.05) is 7.05 Å². The maximum Gasteiger partial charge on any atom is 0.233 e. The predicted octanol–water partition coefficient (Wildman–Crippen LogP) is 1.86. The molecule has 0 spiro atoms. The van der Waals surface area contributed by atoms with E-state index in [-0.39, 0.29) is 6.04 Å². The highest BCUT2D eigenvalue weighted by atomic mass is 16.4. The Bertz CT molecular complexity index is 253. The topological polar surface area (TPSA) is 51.0 Å². The lowest BCUT2D eigenvalue weighted by Gasteiger charge is -2.07. The van der Waals surface area contributed by atoms with Crippen molar-refractivity contribution in [3.8, 4) is 0 Å². The standard InChI is InChI=1S/C9H17N3O/c1-5-7(10-4)9-12-11-8(13-9)6(2)3/h6-7,10H,5H2,1-4H3. The normalized spacial score (nSPS) is 13.6. The van der Waals surface area contributed by atoms with Crippen molar-refractivity contribution < 1.29 is 4.42 Å². The van der Waals surface area contributed by atoms with Gasteiger partial charge >= 0.3 is 0 Å². The summed E-state index contributed by atoms with van der Waals surface area (Å²) in [6.07, 6.45) is 0.955. The van der Waals surface area contributed by atoms with E-state index in [0.717, 1.165) is 6.42 Å². The Labute approximate surface area is 78.7 Å². The first-order valence-corrected chi connectivity index (χ1v) is 4.69.